The van der Waals surface area contributed by atoms with Crippen LogP contribution in [0.25, 0.3) is 0 Å². The highest BCUT2D eigenvalue weighted by atomic mass is 14.3. The van der Waals surface area contributed by atoms with Crippen molar-refractivity contribution in [1.29, 1.82) is 15.9 Å². The Balaban J connectivity index is 4.29. The van der Waals surface area contributed by atoms with Crippen LogP contribution in [0.3, 0.4) is 0 Å². The fourth-order valence-electron chi connectivity index (χ4n) is 0.227. The minimum atomic E-state index is 0.0524. The van der Waals surface area contributed by atoms with Gasteiger partial charge in [0.2, 0.25) is 0 Å². The average Bonchev–Trinajstić information content (AvgIpc) is 1.91. The molecule has 0 amide bonds. The Hall–Kier alpha value is -1.83. The fourth-order valence-corrected chi connectivity index (χ4v) is 0.227. The molecular formula is C6H3N3. The summed E-state index contributed by atoms with van der Waals surface area (Å²) in [5, 5.41) is 22.5. The topological polar surface area (TPSA) is 71.4 Å². The lowest BCUT2D eigenvalue weighted by Gasteiger charge is -1.70. The second-order valence-corrected chi connectivity index (χ2v) is 1.11. The van der Waals surface area contributed by atoms with Crippen LogP contribution in [0.4, 0.5) is 0 Å². The molecule has 0 aliphatic carbocycles. The molecule has 1 N–H and O–H groups in total. The molecule has 0 aromatic carbocycles. The summed E-state index contributed by atoms with van der Waals surface area (Å²) >= 11 is 0. The molecule has 0 fully saturated rings. The summed E-state index contributed by atoms with van der Waals surface area (Å²) in [6, 6.07) is 3.36. The van der Waals surface area contributed by atoms with Gasteiger partial charge in [-0.2, -0.15) is 10.5 Å². The molecular weight excluding hydrogens is 114 g/mol. The summed E-state index contributed by atoms with van der Waals surface area (Å²) in [5.74, 6) is 1.85. The van der Waals surface area contributed by atoms with E-state index < -0.39 is 0 Å². The number of nitriles is 2. The van der Waals surface area contributed by atoms with Crippen molar-refractivity contribution in [2.75, 3.05) is 0 Å². The van der Waals surface area contributed by atoms with E-state index in [9.17, 15) is 0 Å². The fraction of sp³-hybridized carbons (Fsp3) is 0. The van der Waals surface area contributed by atoms with E-state index in [0.717, 1.165) is 6.08 Å². The van der Waals surface area contributed by atoms with E-state index in [1.54, 1.807) is 12.1 Å². The first-order valence-electron chi connectivity index (χ1n) is 2.11. The third-order valence-electron chi connectivity index (χ3n) is 0.580. The highest BCUT2D eigenvalue weighted by Gasteiger charge is 1.81. The van der Waals surface area contributed by atoms with Crippen LogP contribution in [0.15, 0.2) is 17.7 Å². The van der Waals surface area contributed by atoms with Gasteiger partial charge in [0.1, 0.15) is 11.6 Å². The summed E-state index contributed by atoms with van der Waals surface area (Å²) < 4.78 is 0. The number of hydrogen-bond acceptors (Lipinski definition) is 3. The zero-order valence-electron chi connectivity index (χ0n) is 4.55. The zero-order valence-corrected chi connectivity index (χ0v) is 4.55. The largest absolute Gasteiger partial charge is 0.258 e. The molecule has 0 unspecified atom stereocenters. The van der Waals surface area contributed by atoms with Crippen LogP contribution in [0.5, 0.6) is 0 Å². The summed E-state index contributed by atoms with van der Waals surface area (Å²) in [5.41, 5.74) is 0.0524. The first kappa shape index (κ1) is 7.17. The Morgan fingerprint density at radius 3 is 2.44 bits per heavy atom. The number of rotatable bonds is 1. The maximum Gasteiger partial charge on any atom is 0.113 e. The second-order valence-electron chi connectivity index (χ2n) is 1.11. The van der Waals surface area contributed by atoms with Crippen LogP contribution in [-0.4, -0.2) is 5.87 Å². The van der Waals surface area contributed by atoms with E-state index in [-0.39, 0.29) is 5.57 Å². The molecule has 0 aromatic rings. The minimum Gasteiger partial charge on any atom is -0.258 e. The molecule has 0 saturated heterocycles. The molecule has 42 valence electrons. The molecule has 0 spiro atoms. The summed E-state index contributed by atoms with van der Waals surface area (Å²) in [6.45, 7) is 0. The molecule has 0 saturated carbocycles. The van der Waals surface area contributed by atoms with Crippen LogP contribution >= 0.6 is 0 Å². The van der Waals surface area contributed by atoms with E-state index in [1.165, 1.54) is 6.08 Å². The van der Waals surface area contributed by atoms with Crippen LogP contribution in [0.1, 0.15) is 0 Å². The molecule has 0 heterocycles. The SMILES string of the molecule is N#C/C=C\C(=C=N)C#N. The van der Waals surface area contributed by atoms with Gasteiger partial charge in [-0.3, -0.25) is 5.41 Å². The van der Waals surface area contributed by atoms with Crippen molar-refractivity contribution in [3.8, 4) is 12.1 Å². The highest BCUT2D eigenvalue weighted by Crippen LogP contribution is 1.85. The Labute approximate surface area is 52.7 Å². The molecule has 0 atom stereocenters. The van der Waals surface area contributed by atoms with Gasteiger partial charge >= 0.3 is 0 Å². The summed E-state index contributed by atoms with van der Waals surface area (Å²) in [4.78, 5) is 0. The zero-order chi connectivity index (χ0) is 7.11. The Morgan fingerprint density at radius 1 is 1.44 bits per heavy atom. The summed E-state index contributed by atoms with van der Waals surface area (Å²) in [7, 11) is 0. The Kier molecular flexibility index (Phi) is 3.45. The molecule has 0 aromatic heterocycles. The van der Waals surface area contributed by atoms with Crippen molar-refractivity contribution in [3.05, 3.63) is 17.7 Å². The van der Waals surface area contributed by atoms with E-state index >= 15 is 0 Å². The summed E-state index contributed by atoms with van der Waals surface area (Å²) in [6.07, 6.45) is 2.35. The van der Waals surface area contributed by atoms with Crippen LogP contribution in [0.2, 0.25) is 0 Å². The predicted octanol–water partition coefficient (Wildman–Crippen LogP) is 0.765. The number of nitrogens with one attached hydrogen (secondary N) is 1. The number of nitrogens with zero attached hydrogens (tertiary/aromatic N) is 2. The molecule has 9 heavy (non-hydrogen) atoms. The monoisotopic (exact) mass is 117 g/mol. The minimum absolute atomic E-state index is 0.0524. The van der Waals surface area contributed by atoms with E-state index in [0.29, 0.717) is 0 Å². The van der Waals surface area contributed by atoms with Crippen molar-refractivity contribution in [3.63, 3.8) is 0 Å². The van der Waals surface area contributed by atoms with Crippen LogP contribution in [0, 0.1) is 28.1 Å². The maximum absolute atomic E-state index is 8.12. The van der Waals surface area contributed by atoms with Gasteiger partial charge in [0.15, 0.2) is 0 Å². The van der Waals surface area contributed by atoms with Crippen LogP contribution in [-0.2, 0) is 0 Å². The molecule has 0 radical (unpaired) electrons. The van der Waals surface area contributed by atoms with Crippen molar-refractivity contribution < 1.29 is 0 Å². The van der Waals surface area contributed by atoms with Gasteiger partial charge in [-0.05, 0) is 11.9 Å². The molecule has 0 aliphatic heterocycles. The molecule has 0 aliphatic rings. The third-order valence-corrected chi connectivity index (χ3v) is 0.580. The Bertz CT molecular complexity index is 242. The van der Waals surface area contributed by atoms with Gasteiger partial charge in [-0.1, -0.05) is 0 Å². The normalized spacial score (nSPS) is 7.33. The van der Waals surface area contributed by atoms with Crippen molar-refractivity contribution in [2.45, 2.75) is 0 Å². The van der Waals surface area contributed by atoms with Crippen molar-refractivity contribution >= 4 is 5.87 Å². The van der Waals surface area contributed by atoms with Gasteiger partial charge in [-0.15, -0.1) is 0 Å². The van der Waals surface area contributed by atoms with E-state index in [1.807, 2.05) is 5.87 Å². The smallest absolute Gasteiger partial charge is 0.113 e. The molecule has 0 rings (SSSR count). The van der Waals surface area contributed by atoms with E-state index in [4.69, 9.17) is 15.9 Å². The predicted molar refractivity (Wildman–Crippen MR) is 31.6 cm³/mol. The van der Waals surface area contributed by atoms with Gasteiger partial charge in [0.25, 0.3) is 0 Å². The quantitative estimate of drug-likeness (QED) is 0.313. The molecule has 3 nitrogen and oxygen atoms in total. The van der Waals surface area contributed by atoms with Crippen molar-refractivity contribution in [1.82, 2.24) is 0 Å². The van der Waals surface area contributed by atoms with Gasteiger partial charge in [-0.25, -0.2) is 0 Å². The first-order valence-corrected chi connectivity index (χ1v) is 2.11. The van der Waals surface area contributed by atoms with Gasteiger partial charge in [0.05, 0.1) is 6.07 Å². The van der Waals surface area contributed by atoms with Gasteiger partial charge in [0, 0.05) is 6.08 Å². The third kappa shape index (κ3) is 2.82. The van der Waals surface area contributed by atoms with Crippen LogP contribution < -0.4 is 0 Å². The number of allylic oxidation sites excluding steroid dienone is 3. The molecule has 3 heteroatoms. The maximum atomic E-state index is 8.12. The lowest BCUT2D eigenvalue weighted by Crippen LogP contribution is -1.68. The number of hydrogen-bond donors (Lipinski definition) is 1. The highest BCUT2D eigenvalue weighted by molar-refractivity contribution is 5.65. The lowest BCUT2D eigenvalue weighted by molar-refractivity contribution is 1.49. The second kappa shape index (κ2) is 4.33. The van der Waals surface area contributed by atoms with Gasteiger partial charge < -0.3 is 0 Å². The average molecular weight is 117 g/mol. The standard InChI is InChI=1S/C6H3N3/c7-3-1-2-6(4-8)5-9/h1-2,8H/b2-1-. The first-order chi connectivity index (χ1) is 4.35. The van der Waals surface area contributed by atoms with Crippen molar-refractivity contribution in [2.24, 2.45) is 0 Å². The van der Waals surface area contributed by atoms with E-state index in [2.05, 4.69) is 0 Å². The lowest BCUT2D eigenvalue weighted by atomic mass is 10.3. The molecule has 0 bridgehead atoms. The Morgan fingerprint density at radius 2 is 2.11 bits per heavy atom.